The average molecular weight is 431 g/mol. The third-order valence-corrected chi connectivity index (χ3v) is 5.24. The molecule has 4 aromatic rings. The second kappa shape index (κ2) is 9.38. The summed E-state index contributed by atoms with van der Waals surface area (Å²) < 4.78 is 10.6. The first-order chi connectivity index (χ1) is 15.6. The fourth-order valence-electron chi connectivity index (χ4n) is 3.61. The van der Waals surface area contributed by atoms with E-state index in [1.807, 2.05) is 55.5 Å². The summed E-state index contributed by atoms with van der Waals surface area (Å²) in [5.74, 6) is 1.35. The molecule has 3 N–H and O–H groups in total. The molecule has 2 heterocycles. The van der Waals surface area contributed by atoms with E-state index in [2.05, 4.69) is 25.8 Å². The van der Waals surface area contributed by atoms with Gasteiger partial charge in [-0.2, -0.15) is 5.10 Å². The van der Waals surface area contributed by atoms with Crippen LogP contribution in [0.3, 0.4) is 0 Å². The third-order valence-electron chi connectivity index (χ3n) is 5.24. The maximum absolute atomic E-state index is 12.3. The second-order valence-corrected chi connectivity index (χ2v) is 7.29. The SMILES string of the molecule is COc1ccc(CCNC(=O)Nc2ccc(-c3ccnc4[nH]nc(C)c34)cc2)cc1OC. The minimum absolute atomic E-state index is 0.254. The lowest BCUT2D eigenvalue weighted by Gasteiger charge is -2.11. The maximum Gasteiger partial charge on any atom is 0.319 e. The number of rotatable bonds is 7. The third kappa shape index (κ3) is 4.49. The molecule has 0 aliphatic rings. The highest BCUT2D eigenvalue weighted by atomic mass is 16.5. The van der Waals surface area contributed by atoms with Gasteiger partial charge in [0.05, 0.1) is 19.9 Å². The van der Waals surface area contributed by atoms with Gasteiger partial charge in [-0.25, -0.2) is 9.78 Å². The van der Waals surface area contributed by atoms with Crippen LogP contribution in [0.5, 0.6) is 11.5 Å². The predicted octanol–water partition coefficient (Wildman–Crippen LogP) is 4.31. The molecule has 2 aromatic carbocycles. The lowest BCUT2D eigenvalue weighted by atomic mass is 10.0. The highest BCUT2D eigenvalue weighted by molar-refractivity contribution is 5.95. The molecule has 164 valence electrons. The molecular formula is C24H25N5O3. The number of aromatic nitrogens is 3. The van der Waals surface area contributed by atoms with E-state index in [0.29, 0.717) is 30.2 Å². The van der Waals surface area contributed by atoms with Crippen molar-refractivity contribution < 1.29 is 14.3 Å². The molecule has 8 nitrogen and oxygen atoms in total. The number of methoxy groups -OCH3 is 2. The number of fused-ring (bicyclic) bond motifs is 1. The summed E-state index contributed by atoms with van der Waals surface area (Å²) in [6, 6.07) is 15.1. The molecule has 4 rings (SSSR count). The largest absolute Gasteiger partial charge is 0.493 e. The number of nitrogens with zero attached hydrogens (tertiary/aromatic N) is 2. The van der Waals surface area contributed by atoms with Crippen LogP contribution in [0, 0.1) is 6.92 Å². The number of pyridine rings is 1. The number of carbonyl (C=O) groups is 1. The van der Waals surface area contributed by atoms with E-state index in [1.165, 1.54) is 0 Å². The number of aromatic amines is 1. The number of hydrogen-bond donors (Lipinski definition) is 3. The molecule has 0 spiro atoms. The van der Waals surface area contributed by atoms with E-state index in [0.717, 1.165) is 33.4 Å². The first-order valence-electron chi connectivity index (χ1n) is 10.2. The van der Waals surface area contributed by atoms with Crippen LogP contribution in [0.25, 0.3) is 22.2 Å². The van der Waals surface area contributed by atoms with Gasteiger partial charge in [-0.1, -0.05) is 18.2 Å². The van der Waals surface area contributed by atoms with E-state index in [9.17, 15) is 4.79 Å². The average Bonchev–Trinajstić information content (AvgIpc) is 3.20. The fourth-order valence-corrected chi connectivity index (χ4v) is 3.61. The van der Waals surface area contributed by atoms with Crippen LogP contribution in [0.1, 0.15) is 11.3 Å². The number of amides is 2. The van der Waals surface area contributed by atoms with E-state index in [1.54, 1.807) is 20.4 Å². The number of aryl methyl sites for hydroxylation is 1. The Kier molecular flexibility index (Phi) is 6.21. The molecule has 0 atom stereocenters. The molecule has 0 saturated carbocycles. The van der Waals surface area contributed by atoms with Crippen molar-refractivity contribution in [1.82, 2.24) is 20.5 Å². The van der Waals surface area contributed by atoms with Crippen molar-refractivity contribution in [1.29, 1.82) is 0 Å². The number of ether oxygens (including phenoxy) is 2. The zero-order valence-corrected chi connectivity index (χ0v) is 18.2. The summed E-state index contributed by atoms with van der Waals surface area (Å²) in [5.41, 5.74) is 5.50. The topological polar surface area (TPSA) is 101 Å². The number of hydrogen-bond acceptors (Lipinski definition) is 5. The summed E-state index contributed by atoms with van der Waals surface area (Å²) >= 11 is 0. The zero-order valence-electron chi connectivity index (χ0n) is 18.2. The Hall–Kier alpha value is -4.07. The Balaban J connectivity index is 1.35. The van der Waals surface area contributed by atoms with Crippen molar-refractivity contribution in [2.24, 2.45) is 0 Å². The summed E-state index contributed by atoms with van der Waals surface area (Å²) in [5, 5.41) is 13.9. The van der Waals surface area contributed by atoms with Gasteiger partial charge in [0.15, 0.2) is 17.1 Å². The van der Waals surface area contributed by atoms with Crippen molar-refractivity contribution in [2.45, 2.75) is 13.3 Å². The fraction of sp³-hybridized carbons (Fsp3) is 0.208. The van der Waals surface area contributed by atoms with Gasteiger partial charge in [-0.3, -0.25) is 5.10 Å². The summed E-state index contributed by atoms with van der Waals surface area (Å²) in [7, 11) is 3.21. The van der Waals surface area contributed by atoms with Crippen LogP contribution in [0.2, 0.25) is 0 Å². The Morgan fingerprint density at radius 1 is 1.03 bits per heavy atom. The van der Waals surface area contributed by atoms with Crippen molar-refractivity contribution in [3.8, 4) is 22.6 Å². The molecule has 0 radical (unpaired) electrons. The molecule has 8 heteroatoms. The predicted molar refractivity (Wildman–Crippen MR) is 124 cm³/mol. The quantitative estimate of drug-likeness (QED) is 0.405. The van der Waals surface area contributed by atoms with Crippen LogP contribution in [0.4, 0.5) is 10.5 Å². The Morgan fingerprint density at radius 3 is 2.56 bits per heavy atom. The normalized spacial score (nSPS) is 10.7. The Bertz CT molecular complexity index is 1230. The van der Waals surface area contributed by atoms with Crippen LogP contribution in [0.15, 0.2) is 54.7 Å². The smallest absolute Gasteiger partial charge is 0.319 e. The minimum Gasteiger partial charge on any atom is -0.493 e. The Labute approximate surface area is 186 Å². The maximum atomic E-state index is 12.3. The number of nitrogens with one attached hydrogen (secondary N) is 3. The van der Waals surface area contributed by atoms with E-state index in [-0.39, 0.29) is 6.03 Å². The van der Waals surface area contributed by atoms with Crippen molar-refractivity contribution in [2.75, 3.05) is 26.1 Å². The molecule has 0 saturated heterocycles. The van der Waals surface area contributed by atoms with Gasteiger partial charge in [-0.15, -0.1) is 0 Å². The van der Waals surface area contributed by atoms with Crippen LogP contribution >= 0.6 is 0 Å². The zero-order chi connectivity index (χ0) is 22.5. The van der Waals surface area contributed by atoms with Crippen LogP contribution in [-0.4, -0.2) is 42.0 Å². The summed E-state index contributed by atoms with van der Waals surface area (Å²) in [6.45, 7) is 2.44. The van der Waals surface area contributed by atoms with Gasteiger partial charge in [0.1, 0.15) is 0 Å². The number of carbonyl (C=O) groups excluding carboxylic acids is 1. The molecule has 0 fully saturated rings. The van der Waals surface area contributed by atoms with Gasteiger partial charge in [0, 0.05) is 23.8 Å². The molecule has 0 aliphatic carbocycles. The molecule has 0 unspecified atom stereocenters. The van der Waals surface area contributed by atoms with Gasteiger partial charge < -0.3 is 20.1 Å². The van der Waals surface area contributed by atoms with Gasteiger partial charge in [0.2, 0.25) is 0 Å². The molecule has 2 amide bonds. The van der Waals surface area contributed by atoms with Crippen molar-refractivity contribution >= 4 is 22.8 Å². The van der Waals surface area contributed by atoms with Crippen molar-refractivity contribution in [3.63, 3.8) is 0 Å². The standard InChI is InChI=1S/C24H25N5O3/c1-15-22-19(11-13-25-23(22)29-28-15)17-5-7-18(8-6-17)27-24(30)26-12-10-16-4-9-20(31-2)21(14-16)32-3/h4-9,11,13-14H,10,12H2,1-3H3,(H,25,28,29)(H2,26,27,30). The van der Waals surface area contributed by atoms with E-state index >= 15 is 0 Å². The summed E-state index contributed by atoms with van der Waals surface area (Å²) in [6.07, 6.45) is 2.43. The van der Waals surface area contributed by atoms with Crippen LogP contribution in [-0.2, 0) is 6.42 Å². The van der Waals surface area contributed by atoms with E-state index in [4.69, 9.17) is 9.47 Å². The second-order valence-electron chi connectivity index (χ2n) is 7.29. The van der Waals surface area contributed by atoms with Gasteiger partial charge in [-0.05, 0) is 60.4 Å². The van der Waals surface area contributed by atoms with E-state index < -0.39 is 0 Å². The molecule has 32 heavy (non-hydrogen) atoms. The lowest BCUT2D eigenvalue weighted by Crippen LogP contribution is -2.30. The van der Waals surface area contributed by atoms with Gasteiger partial charge >= 0.3 is 6.03 Å². The monoisotopic (exact) mass is 431 g/mol. The molecular weight excluding hydrogens is 406 g/mol. The van der Waals surface area contributed by atoms with Gasteiger partial charge in [0.25, 0.3) is 0 Å². The van der Waals surface area contributed by atoms with Crippen LogP contribution < -0.4 is 20.1 Å². The van der Waals surface area contributed by atoms with Crippen molar-refractivity contribution in [3.05, 3.63) is 66.0 Å². The molecule has 0 aliphatic heterocycles. The molecule has 0 bridgehead atoms. The number of benzene rings is 2. The first-order valence-corrected chi connectivity index (χ1v) is 10.2. The highest BCUT2D eigenvalue weighted by Crippen LogP contribution is 2.29. The molecule has 2 aromatic heterocycles. The highest BCUT2D eigenvalue weighted by Gasteiger charge is 2.10. The number of anilines is 1. The number of H-pyrrole nitrogens is 1. The Morgan fingerprint density at radius 2 is 1.81 bits per heavy atom. The summed E-state index contributed by atoms with van der Waals surface area (Å²) in [4.78, 5) is 16.6. The first kappa shape index (κ1) is 21.2. The lowest BCUT2D eigenvalue weighted by molar-refractivity contribution is 0.252. The number of urea groups is 1. The minimum atomic E-state index is -0.254.